The van der Waals surface area contributed by atoms with Gasteiger partial charge in [-0.1, -0.05) is 60.7 Å². The topological polar surface area (TPSA) is 32.8 Å². The van der Waals surface area contributed by atoms with Gasteiger partial charge < -0.3 is 9.64 Å². The van der Waals surface area contributed by atoms with E-state index in [9.17, 15) is 4.79 Å². The van der Waals surface area contributed by atoms with Crippen LogP contribution in [0.1, 0.15) is 30.1 Å². The van der Waals surface area contributed by atoms with E-state index in [1.54, 1.807) is 0 Å². The van der Waals surface area contributed by atoms with Crippen molar-refractivity contribution < 1.29 is 9.53 Å². The van der Waals surface area contributed by atoms with Crippen molar-refractivity contribution in [1.29, 1.82) is 0 Å². The third kappa shape index (κ3) is 2.32. The molecule has 128 valence electrons. The summed E-state index contributed by atoms with van der Waals surface area (Å²) >= 11 is 0. The van der Waals surface area contributed by atoms with Crippen molar-refractivity contribution >= 4 is 5.91 Å². The molecule has 3 atom stereocenters. The Morgan fingerprint density at radius 1 is 1.04 bits per heavy atom. The molecule has 5 rings (SSSR count). The first kappa shape index (κ1) is 15.1. The molecule has 0 radical (unpaired) electrons. The predicted octanol–water partition coefficient (Wildman–Crippen LogP) is 2.96. The molecule has 3 heterocycles. The van der Waals surface area contributed by atoms with E-state index in [1.807, 2.05) is 29.2 Å². The molecule has 1 amide bonds. The van der Waals surface area contributed by atoms with Gasteiger partial charge in [-0.3, -0.25) is 9.69 Å². The van der Waals surface area contributed by atoms with Crippen molar-refractivity contribution in [2.24, 2.45) is 0 Å². The number of amides is 1. The van der Waals surface area contributed by atoms with Crippen LogP contribution >= 0.6 is 0 Å². The number of benzene rings is 2. The highest BCUT2D eigenvalue weighted by atomic mass is 16.5. The van der Waals surface area contributed by atoms with Crippen molar-refractivity contribution in [3.8, 4) is 0 Å². The zero-order valence-corrected chi connectivity index (χ0v) is 14.2. The molecule has 3 aliphatic rings. The van der Waals surface area contributed by atoms with E-state index in [0.29, 0.717) is 13.0 Å². The summed E-state index contributed by atoms with van der Waals surface area (Å²) < 4.78 is 6.58. The van der Waals surface area contributed by atoms with Crippen LogP contribution in [0.3, 0.4) is 0 Å². The monoisotopic (exact) mass is 334 g/mol. The minimum Gasteiger partial charge on any atom is -0.344 e. The summed E-state index contributed by atoms with van der Waals surface area (Å²) in [7, 11) is 0. The zero-order chi connectivity index (χ0) is 16.9. The second kappa shape index (κ2) is 5.68. The molecule has 4 nitrogen and oxygen atoms in total. The van der Waals surface area contributed by atoms with Gasteiger partial charge in [-0.15, -0.1) is 0 Å². The average Bonchev–Trinajstić information content (AvgIpc) is 3.27. The molecule has 3 saturated heterocycles. The van der Waals surface area contributed by atoms with Crippen LogP contribution in [0.5, 0.6) is 0 Å². The number of carbonyl (C=O) groups excluding carboxylic acids is 1. The lowest BCUT2D eigenvalue weighted by molar-refractivity contribution is -0.138. The Labute approximate surface area is 148 Å². The van der Waals surface area contributed by atoms with E-state index < -0.39 is 5.72 Å². The number of hydrogen-bond donors (Lipinski definition) is 0. The Morgan fingerprint density at radius 2 is 1.76 bits per heavy atom. The van der Waals surface area contributed by atoms with Gasteiger partial charge in [0, 0.05) is 25.9 Å². The first-order valence-corrected chi connectivity index (χ1v) is 9.07. The number of likely N-dealkylation sites (tertiary alicyclic amines) is 1. The molecule has 0 aromatic heterocycles. The van der Waals surface area contributed by atoms with E-state index in [4.69, 9.17) is 4.74 Å². The summed E-state index contributed by atoms with van der Waals surface area (Å²) in [5.74, 6) is 0.237. The van der Waals surface area contributed by atoms with Gasteiger partial charge in [0.1, 0.15) is 6.10 Å². The first-order chi connectivity index (χ1) is 12.3. The second-order valence-corrected chi connectivity index (χ2v) is 7.29. The van der Waals surface area contributed by atoms with E-state index >= 15 is 0 Å². The fourth-order valence-corrected chi connectivity index (χ4v) is 4.76. The van der Waals surface area contributed by atoms with Crippen LogP contribution in [-0.4, -0.2) is 40.6 Å². The number of rotatable bonds is 3. The number of ether oxygens (including phenoxy) is 1. The Hall–Kier alpha value is -2.17. The smallest absolute Gasteiger partial charge is 0.226 e. The van der Waals surface area contributed by atoms with E-state index in [2.05, 4.69) is 41.3 Å². The summed E-state index contributed by atoms with van der Waals surface area (Å²) in [6.07, 6.45) is 1.47. The Kier molecular flexibility index (Phi) is 3.43. The molecule has 3 aliphatic heterocycles. The molecular weight excluding hydrogens is 312 g/mol. The van der Waals surface area contributed by atoms with Gasteiger partial charge >= 0.3 is 0 Å². The molecule has 0 unspecified atom stereocenters. The second-order valence-electron chi connectivity index (χ2n) is 7.29. The minimum atomic E-state index is -0.424. The number of hydrogen-bond acceptors (Lipinski definition) is 3. The average molecular weight is 334 g/mol. The molecule has 3 fully saturated rings. The third-order valence-corrected chi connectivity index (χ3v) is 5.94. The van der Waals surface area contributed by atoms with Gasteiger partial charge in [-0.05, 0) is 11.1 Å². The summed E-state index contributed by atoms with van der Waals surface area (Å²) in [6.45, 7) is 2.54. The SMILES string of the molecule is O=C1C[C@H]2N(Cc3ccccc3)CC[C@]23O[C@@H](c2ccccc2)CN13. The summed E-state index contributed by atoms with van der Waals surface area (Å²) in [6, 6.07) is 20.9. The van der Waals surface area contributed by atoms with Crippen LogP contribution in [0.4, 0.5) is 0 Å². The van der Waals surface area contributed by atoms with Gasteiger partial charge in [-0.2, -0.15) is 0 Å². The van der Waals surface area contributed by atoms with Crippen LogP contribution in [0.2, 0.25) is 0 Å². The normalized spacial score (nSPS) is 31.4. The minimum absolute atomic E-state index is 0.00961. The molecule has 1 spiro atoms. The van der Waals surface area contributed by atoms with Gasteiger partial charge in [0.05, 0.1) is 12.6 Å². The highest BCUT2D eigenvalue weighted by Gasteiger charge is 2.63. The zero-order valence-electron chi connectivity index (χ0n) is 14.2. The van der Waals surface area contributed by atoms with E-state index in [0.717, 1.165) is 19.5 Å². The lowest BCUT2D eigenvalue weighted by Crippen LogP contribution is -2.47. The maximum Gasteiger partial charge on any atom is 0.226 e. The summed E-state index contributed by atoms with van der Waals surface area (Å²) in [4.78, 5) is 17.1. The molecule has 0 N–H and O–H groups in total. The largest absolute Gasteiger partial charge is 0.344 e. The molecule has 0 aliphatic carbocycles. The maximum atomic E-state index is 12.7. The molecular formula is C21H22N2O2. The molecule has 4 heteroatoms. The Bertz CT molecular complexity index is 779. The van der Waals surface area contributed by atoms with Crippen molar-refractivity contribution in [2.75, 3.05) is 13.1 Å². The van der Waals surface area contributed by atoms with E-state index in [1.165, 1.54) is 11.1 Å². The molecule has 25 heavy (non-hydrogen) atoms. The molecule has 0 bridgehead atoms. The third-order valence-electron chi connectivity index (χ3n) is 5.94. The van der Waals surface area contributed by atoms with Gasteiger partial charge in [0.15, 0.2) is 5.72 Å². The number of carbonyl (C=O) groups is 1. The van der Waals surface area contributed by atoms with Crippen LogP contribution in [0.15, 0.2) is 60.7 Å². The molecule has 2 aromatic rings. The van der Waals surface area contributed by atoms with Gasteiger partial charge in [0.2, 0.25) is 5.91 Å². The predicted molar refractivity (Wildman–Crippen MR) is 94.6 cm³/mol. The van der Waals surface area contributed by atoms with Crippen molar-refractivity contribution in [2.45, 2.75) is 37.3 Å². The van der Waals surface area contributed by atoms with Crippen molar-refractivity contribution in [3.05, 3.63) is 71.8 Å². The summed E-state index contributed by atoms with van der Waals surface area (Å²) in [5, 5.41) is 0. The number of nitrogens with zero attached hydrogens (tertiary/aromatic N) is 2. The van der Waals surface area contributed by atoms with Crippen molar-refractivity contribution in [1.82, 2.24) is 9.80 Å². The Morgan fingerprint density at radius 3 is 2.52 bits per heavy atom. The van der Waals surface area contributed by atoms with Gasteiger partial charge in [0.25, 0.3) is 0 Å². The summed E-state index contributed by atoms with van der Waals surface area (Å²) in [5.41, 5.74) is 2.04. The molecule has 2 aromatic carbocycles. The highest BCUT2D eigenvalue weighted by molar-refractivity contribution is 5.81. The quantitative estimate of drug-likeness (QED) is 0.865. The van der Waals surface area contributed by atoms with Crippen LogP contribution in [0, 0.1) is 0 Å². The highest BCUT2D eigenvalue weighted by Crippen LogP contribution is 2.50. The van der Waals surface area contributed by atoms with Crippen LogP contribution in [-0.2, 0) is 16.1 Å². The van der Waals surface area contributed by atoms with Crippen LogP contribution in [0.25, 0.3) is 0 Å². The lowest BCUT2D eigenvalue weighted by atomic mass is 10.1. The van der Waals surface area contributed by atoms with Gasteiger partial charge in [-0.25, -0.2) is 0 Å². The fourth-order valence-electron chi connectivity index (χ4n) is 4.76. The maximum absolute atomic E-state index is 12.7. The Balaban J connectivity index is 1.41. The molecule has 0 saturated carbocycles. The lowest BCUT2D eigenvalue weighted by Gasteiger charge is -2.32. The van der Waals surface area contributed by atoms with Crippen molar-refractivity contribution in [3.63, 3.8) is 0 Å². The fraction of sp³-hybridized carbons (Fsp3) is 0.381. The van der Waals surface area contributed by atoms with E-state index in [-0.39, 0.29) is 18.1 Å². The van der Waals surface area contributed by atoms with Crippen LogP contribution < -0.4 is 0 Å². The first-order valence-electron chi connectivity index (χ1n) is 9.07. The standard InChI is InChI=1S/C21H22N2O2/c24-20-13-19-21(11-12-22(19)14-16-7-3-1-4-8-16)23(20)15-18(25-21)17-9-5-2-6-10-17/h1-10,18-19H,11-15H2/t18-,19-,21+/m1/s1.